The average molecular weight is 492 g/mol. The van der Waals surface area contributed by atoms with Crippen LogP contribution in [0.15, 0.2) is 82.8 Å². The number of hydrogen-bond donors (Lipinski definition) is 1. The fraction of sp³-hybridized carbons (Fsp3) is 0.154. The zero-order valence-electron chi connectivity index (χ0n) is 17.7. The number of aryl methyl sites for hydroxylation is 1. The number of ether oxygens (including phenoxy) is 1. The summed E-state index contributed by atoms with van der Waals surface area (Å²) < 4.78 is 6.36. The van der Waals surface area contributed by atoms with Gasteiger partial charge in [-0.25, -0.2) is 0 Å². The molecule has 0 saturated carbocycles. The number of nitrogens with zero attached hydrogens (tertiary/aromatic N) is 1. The summed E-state index contributed by atoms with van der Waals surface area (Å²) in [6.45, 7) is 4.38. The number of ketones is 1. The Bertz CT molecular complexity index is 1200. The maximum Gasteiger partial charge on any atom is 0.300 e. The van der Waals surface area contributed by atoms with Crippen molar-refractivity contribution in [3.8, 4) is 5.75 Å². The highest BCUT2D eigenvalue weighted by molar-refractivity contribution is 9.10. The lowest BCUT2D eigenvalue weighted by Crippen LogP contribution is -2.29. The van der Waals surface area contributed by atoms with Crippen LogP contribution in [0, 0.1) is 6.92 Å². The number of Topliss-reactive ketones (excluding diaryl/α,β-unsaturated/α-hetero) is 1. The van der Waals surface area contributed by atoms with E-state index in [4.69, 9.17) is 4.74 Å². The van der Waals surface area contributed by atoms with Crippen molar-refractivity contribution in [3.05, 3.63) is 99.5 Å². The summed E-state index contributed by atoms with van der Waals surface area (Å²) in [5, 5.41) is 11.1. The molecule has 1 aliphatic heterocycles. The van der Waals surface area contributed by atoms with Crippen molar-refractivity contribution in [1.29, 1.82) is 0 Å². The van der Waals surface area contributed by atoms with Crippen LogP contribution in [0.2, 0.25) is 0 Å². The third-order valence-electron chi connectivity index (χ3n) is 5.43. The first-order valence-corrected chi connectivity index (χ1v) is 11.1. The Morgan fingerprint density at radius 2 is 1.72 bits per heavy atom. The van der Waals surface area contributed by atoms with Gasteiger partial charge in [0.05, 0.1) is 18.2 Å². The summed E-state index contributed by atoms with van der Waals surface area (Å²) in [5.41, 5.74) is 2.80. The third kappa shape index (κ3) is 3.94. The number of aliphatic hydroxyl groups is 1. The van der Waals surface area contributed by atoms with Gasteiger partial charge in [0, 0.05) is 15.7 Å². The molecule has 1 aliphatic rings. The molecule has 6 heteroatoms. The van der Waals surface area contributed by atoms with Gasteiger partial charge in [-0.15, -0.1) is 0 Å². The minimum atomic E-state index is -0.777. The van der Waals surface area contributed by atoms with Crippen LogP contribution in [0.1, 0.15) is 29.7 Å². The summed E-state index contributed by atoms with van der Waals surface area (Å²) in [6.07, 6.45) is 0. The van der Waals surface area contributed by atoms with Crippen molar-refractivity contribution >= 4 is 39.1 Å². The highest BCUT2D eigenvalue weighted by Crippen LogP contribution is 2.43. The fourth-order valence-corrected chi connectivity index (χ4v) is 4.18. The zero-order valence-corrected chi connectivity index (χ0v) is 19.3. The largest absolute Gasteiger partial charge is 0.507 e. The van der Waals surface area contributed by atoms with E-state index in [2.05, 4.69) is 15.9 Å². The molecule has 32 heavy (non-hydrogen) atoms. The molecule has 4 rings (SSSR count). The molecule has 5 nitrogen and oxygen atoms in total. The van der Waals surface area contributed by atoms with E-state index in [0.29, 0.717) is 29.2 Å². The molecule has 1 saturated heterocycles. The Morgan fingerprint density at radius 1 is 1.03 bits per heavy atom. The van der Waals surface area contributed by atoms with E-state index in [1.165, 1.54) is 4.90 Å². The van der Waals surface area contributed by atoms with Crippen LogP contribution in [0.4, 0.5) is 5.69 Å². The lowest BCUT2D eigenvalue weighted by Gasteiger charge is -2.26. The summed E-state index contributed by atoms with van der Waals surface area (Å²) >= 11 is 3.51. The van der Waals surface area contributed by atoms with Crippen molar-refractivity contribution in [3.63, 3.8) is 0 Å². The monoisotopic (exact) mass is 491 g/mol. The number of benzene rings is 3. The van der Waals surface area contributed by atoms with Gasteiger partial charge in [0.1, 0.15) is 11.5 Å². The minimum absolute atomic E-state index is 0.0575. The van der Waals surface area contributed by atoms with E-state index < -0.39 is 17.7 Å². The van der Waals surface area contributed by atoms with Gasteiger partial charge in [-0.2, -0.15) is 0 Å². The smallest absolute Gasteiger partial charge is 0.300 e. The van der Waals surface area contributed by atoms with E-state index in [1.54, 1.807) is 42.5 Å². The van der Waals surface area contributed by atoms with Gasteiger partial charge >= 0.3 is 0 Å². The van der Waals surface area contributed by atoms with E-state index >= 15 is 0 Å². The van der Waals surface area contributed by atoms with Gasteiger partial charge in [-0.1, -0.05) is 64.5 Å². The molecule has 1 heterocycles. The molecule has 0 aliphatic carbocycles. The first-order chi connectivity index (χ1) is 15.4. The predicted octanol–water partition coefficient (Wildman–Crippen LogP) is 5.78. The molecule has 1 fully saturated rings. The number of anilines is 1. The Morgan fingerprint density at radius 3 is 2.34 bits per heavy atom. The molecule has 1 amide bonds. The van der Waals surface area contributed by atoms with Gasteiger partial charge in [0.2, 0.25) is 0 Å². The second-order valence-electron chi connectivity index (χ2n) is 7.47. The Hall–Kier alpha value is -3.38. The van der Waals surface area contributed by atoms with Gasteiger partial charge in [-0.05, 0) is 49.2 Å². The Balaban J connectivity index is 1.91. The molecule has 1 N–H and O–H groups in total. The molecule has 3 aromatic rings. The second kappa shape index (κ2) is 9.01. The highest BCUT2D eigenvalue weighted by atomic mass is 79.9. The van der Waals surface area contributed by atoms with E-state index in [9.17, 15) is 14.7 Å². The van der Waals surface area contributed by atoms with Crippen LogP contribution in [-0.4, -0.2) is 23.4 Å². The molecule has 1 atom stereocenters. The zero-order chi connectivity index (χ0) is 22.8. The molecule has 0 spiro atoms. The molecule has 3 aromatic carbocycles. The number of halogens is 1. The summed E-state index contributed by atoms with van der Waals surface area (Å²) in [6, 6.07) is 20.7. The van der Waals surface area contributed by atoms with Gasteiger partial charge in [0.15, 0.2) is 0 Å². The molecule has 0 unspecified atom stereocenters. The van der Waals surface area contributed by atoms with Crippen LogP contribution >= 0.6 is 15.9 Å². The van der Waals surface area contributed by atoms with Crippen molar-refractivity contribution in [2.45, 2.75) is 19.9 Å². The number of hydrogen-bond acceptors (Lipinski definition) is 4. The maximum absolute atomic E-state index is 13.2. The van der Waals surface area contributed by atoms with Crippen molar-refractivity contribution in [2.75, 3.05) is 11.5 Å². The van der Waals surface area contributed by atoms with Crippen LogP contribution in [0.3, 0.4) is 0 Å². The van der Waals surface area contributed by atoms with E-state index in [1.807, 2.05) is 44.2 Å². The number of amides is 1. The number of rotatable bonds is 5. The Kier molecular flexibility index (Phi) is 6.15. The predicted molar refractivity (Wildman–Crippen MR) is 128 cm³/mol. The van der Waals surface area contributed by atoms with E-state index in [-0.39, 0.29) is 11.3 Å². The normalized spacial score (nSPS) is 17.6. The maximum atomic E-state index is 13.2. The average Bonchev–Trinajstić information content (AvgIpc) is 3.07. The topological polar surface area (TPSA) is 66.8 Å². The van der Waals surface area contributed by atoms with Crippen molar-refractivity contribution in [1.82, 2.24) is 0 Å². The quantitative estimate of drug-likeness (QED) is 0.279. The summed E-state index contributed by atoms with van der Waals surface area (Å²) in [4.78, 5) is 27.8. The first kappa shape index (κ1) is 21.8. The molecule has 0 aromatic heterocycles. The molecule has 0 radical (unpaired) electrons. The van der Waals surface area contributed by atoms with Crippen LogP contribution < -0.4 is 9.64 Å². The van der Waals surface area contributed by atoms with Gasteiger partial charge in [0.25, 0.3) is 11.7 Å². The van der Waals surface area contributed by atoms with E-state index in [0.717, 1.165) is 10.0 Å². The Labute approximate surface area is 195 Å². The SMILES string of the molecule is CCOc1ccc([C@@H]2C(=C(O)c3ccccc3)C(=O)C(=O)N2c2ccc(C)c(Br)c2)cc1. The molecular weight excluding hydrogens is 470 g/mol. The summed E-state index contributed by atoms with van der Waals surface area (Å²) in [7, 11) is 0. The van der Waals surface area contributed by atoms with Crippen molar-refractivity contribution < 1.29 is 19.4 Å². The summed E-state index contributed by atoms with van der Waals surface area (Å²) in [5.74, 6) is -0.912. The standard InChI is InChI=1S/C26H22BrNO4/c1-3-32-20-13-10-17(11-14-20)23-22(24(29)18-7-5-4-6-8-18)25(30)26(31)28(23)19-12-9-16(2)21(27)15-19/h4-15,23,29H,3H2,1-2H3/t23-/m1/s1. The second-order valence-corrected chi connectivity index (χ2v) is 8.32. The third-order valence-corrected chi connectivity index (χ3v) is 6.29. The minimum Gasteiger partial charge on any atom is -0.507 e. The first-order valence-electron chi connectivity index (χ1n) is 10.3. The molecule has 0 bridgehead atoms. The van der Waals surface area contributed by atoms with Crippen molar-refractivity contribution in [2.24, 2.45) is 0 Å². The number of carbonyl (C=O) groups is 2. The molecule has 162 valence electrons. The fourth-order valence-electron chi connectivity index (χ4n) is 3.81. The lowest BCUT2D eigenvalue weighted by atomic mass is 9.95. The van der Waals surface area contributed by atoms with Crippen LogP contribution in [0.25, 0.3) is 5.76 Å². The number of aliphatic hydroxyl groups excluding tert-OH is 1. The lowest BCUT2D eigenvalue weighted by molar-refractivity contribution is -0.132. The van der Waals surface area contributed by atoms with Gasteiger partial charge in [-0.3, -0.25) is 14.5 Å². The number of carbonyl (C=O) groups excluding carboxylic acids is 2. The highest BCUT2D eigenvalue weighted by Gasteiger charge is 2.47. The molecular formula is C26H22BrNO4. The van der Waals surface area contributed by atoms with Gasteiger partial charge < -0.3 is 9.84 Å². The van der Waals surface area contributed by atoms with Crippen LogP contribution in [-0.2, 0) is 9.59 Å². The van der Waals surface area contributed by atoms with Crippen LogP contribution in [0.5, 0.6) is 5.75 Å².